The van der Waals surface area contributed by atoms with Crippen molar-refractivity contribution < 1.29 is 28.8 Å². The van der Waals surface area contributed by atoms with Crippen LogP contribution in [0.3, 0.4) is 0 Å². The number of esters is 1. The molecule has 1 unspecified atom stereocenters. The van der Waals surface area contributed by atoms with Crippen molar-refractivity contribution in [2.24, 2.45) is 0 Å². The van der Waals surface area contributed by atoms with Crippen LogP contribution < -0.4 is 4.74 Å². The fourth-order valence-electron chi connectivity index (χ4n) is 3.49. The van der Waals surface area contributed by atoms with Crippen molar-refractivity contribution in [3.63, 3.8) is 0 Å². The molecule has 152 valence electrons. The second-order valence-corrected chi connectivity index (χ2v) is 7.09. The van der Waals surface area contributed by atoms with Gasteiger partial charge >= 0.3 is 5.97 Å². The maximum Gasteiger partial charge on any atom is 0.333 e. The lowest BCUT2D eigenvalue weighted by Gasteiger charge is -2.42. The van der Waals surface area contributed by atoms with E-state index in [0.29, 0.717) is 31.6 Å². The molecule has 1 aromatic rings. The van der Waals surface area contributed by atoms with E-state index in [-0.39, 0.29) is 12.1 Å². The van der Waals surface area contributed by atoms with Gasteiger partial charge in [0.25, 0.3) is 0 Å². The third-order valence-electron chi connectivity index (χ3n) is 5.39. The van der Waals surface area contributed by atoms with Crippen LogP contribution in [0.5, 0.6) is 5.75 Å². The summed E-state index contributed by atoms with van der Waals surface area (Å²) in [5.41, 5.74) is 3.54. The summed E-state index contributed by atoms with van der Waals surface area (Å²) in [5, 5.41) is 0. The topological polar surface area (TPSA) is 63.2 Å². The smallest absolute Gasteiger partial charge is 0.333 e. The molecule has 1 saturated carbocycles. The highest BCUT2D eigenvalue weighted by Gasteiger charge is 2.42. The molecule has 3 rings (SSSR count). The van der Waals surface area contributed by atoms with E-state index < -0.39 is 5.79 Å². The molecule has 1 aromatic carbocycles. The summed E-state index contributed by atoms with van der Waals surface area (Å²) >= 11 is 0. The molecule has 1 heterocycles. The predicted octanol–water partition coefficient (Wildman–Crippen LogP) is 4.21. The van der Waals surface area contributed by atoms with E-state index in [4.69, 9.17) is 24.0 Å². The van der Waals surface area contributed by atoms with Gasteiger partial charge in [-0.3, -0.25) is 0 Å². The highest BCUT2D eigenvalue weighted by molar-refractivity contribution is 5.88. The van der Waals surface area contributed by atoms with Gasteiger partial charge in [-0.05, 0) is 50.0 Å². The van der Waals surface area contributed by atoms with E-state index in [1.807, 2.05) is 38.1 Å². The van der Waals surface area contributed by atoms with Gasteiger partial charge in [0.05, 0.1) is 20.3 Å². The fourth-order valence-corrected chi connectivity index (χ4v) is 3.49. The molecule has 1 aliphatic carbocycles. The van der Waals surface area contributed by atoms with Gasteiger partial charge in [0, 0.05) is 18.4 Å². The molecule has 1 spiro atoms. The third-order valence-corrected chi connectivity index (χ3v) is 5.39. The van der Waals surface area contributed by atoms with E-state index in [9.17, 15) is 4.79 Å². The average Bonchev–Trinajstić information content (AvgIpc) is 2.74. The van der Waals surface area contributed by atoms with Crippen molar-refractivity contribution >= 4 is 11.5 Å². The maximum atomic E-state index is 11.9. The van der Waals surface area contributed by atoms with Gasteiger partial charge in [-0.1, -0.05) is 24.3 Å². The number of benzene rings is 1. The van der Waals surface area contributed by atoms with Crippen LogP contribution >= 0.6 is 0 Å². The molecule has 1 saturated heterocycles. The molecule has 6 heteroatoms. The normalized spacial score (nSPS) is 24.7. The molecule has 0 N–H and O–H groups in total. The summed E-state index contributed by atoms with van der Waals surface area (Å²) in [7, 11) is 1.63. The first kappa shape index (κ1) is 20.6. The second-order valence-electron chi connectivity index (χ2n) is 7.09. The van der Waals surface area contributed by atoms with Crippen LogP contribution in [0, 0.1) is 0 Å². The van der Waals surface area contributed by atoms with E-state index in [1.54, 1.807) is 7.11 Å². The van der Waals surface area contributed by atoms with Gasteiger partial charge in [-0.15, -0.1) is 0 Å². The van der Waals surface area contributed by atoms with Gasteiger partial charge in [-0.2, -0.15) is 0 Å². The fraction of sp³-hybridized carbons (Fsp3) is 0.500. The summed E-state index contributed by atoms with van der Waals surface area (Å²) in [6.45, 7) is 8.51. The molecular weight excluding hydrogens is 360 g/mol. The van der Waals surface area contributed by atoms with Crippen molar-refractivity contribution in [3.05, 3.63) is 47.6 Å². The minimum Gasteiger partial charge on any atom is -0.497 e. The summed E-state index contributed by atoms with van der Waals surface area (Å²) in [4.78, 5) is 23.3. The number of rotatable bonds is 5. The largest absolute Gasteiger partial charge is 0.497 e. The van der Waals surface area contributed by atoms with Crippen LogP contribution in [0.1, 0.15) is 45.1 Å². The summed E-state index contributed by atoms with van der Waals surface area (Å²) in [6.07, 6.45) is 2.36. The Kier molecular flexibility index (Phi) is 6.54. The van der Waals surface area contributed by atoms with Crippen LogP contribution in [0.15, 0.2) is 42.0 Å². The van der Waals surface area contributed by atoms with E-state index in [1.165, 1.54) is 0 Å². The Morgan fingerprint density at radius 1 is 1.25 bits per heavy atom. The minimum atomic E-state index is -0.755. The zero-order valence-corrected chi connectivity index (χ0v) is 16.8. The molecule has 1 atom stereocenters. The molecule has 0 aromatic heterocycles. The molecule has 0 amide bonds. The lowest BCUT2D eigenvalue weighted by molar-refractivity contribution is -0.482. The maximum absolute atomic E-state index is 11.9. The lowest BCUT2D eigenvalue weighted by Crippen LogP contribution is -2.46. The molecule has 2 fully saturated rings. The van der Waals surface area contributed by atoms with Crippen molar-refractivity contribution in [1.29, 1.82) is 0 Å². The Morgan fingerprint density at radius 2 is 1.93 bits per heavy atom. The Hall–Kier alpha value is -2.15. The molecular formula is C22H28O6. The van der Waals surface area contributed by atoms with Crippen LogP contribution in [0.25, 0.3) is 5.57 Å². The SMILES string of the molecule is C=C(c1ccc(OC)cc1)C1COC2(CCC(=C(C)C(=O)OCC)CC2)OO1. The summed E-state index contributed by atoms with van der Waals surface area (Å²) in [5.74, 6) is -0.211. The van der Waals surface area contributed by atoms with Gasteiger partial charge in [0.2, 0.25) is 5.79 Å². The number of carbonyl (C=O) groups is 1. The highest BCUT2D eigenvalue weighted by atomic mass is 17.2. The molecule has 0 radical (unpaired) electrons. The number of allylic oxidation sites excluding steroid dienone is 1. The Bertz CT molecular complexity index is 729. The number of carbonyl (C=O) groups excluding carboxylic acids is 1. The molecule has 0 bridgehead atoms. The number of hydrogen-bond acceptors (Lipinski definition) is 6. The molecule has 2 aliphatic rings. The minimum absolute atomic E-state index is 0.244. The molecule has 1 aliphatic heterocycles. The monoisotopic (exact) mass is 388 g/mol. The predicted molar refractivity (Wildman–Crippen MR) is 104 cm³/mol. The Labute approximate surface area is 166 Å². The number of hydrogen-bond donors (Lipinski definition) is 0. The van der Waals surface area contributed by atoms with Crippen LogP contribution in [-0.2, 0) is 24.0 Å². The zero-order valence-electron chi connectivity index (χ0n) is 16.8. The van der Waals surface area contributed by atoms with Crippen molar-refractivity contribution in [2.75, 3.05) is 20.3 Å². The number of ether oxygens (including phenoxy) is 3. The lowest BCUT2D eigenvalue weighted by atomic mass is 9.87. The van der Waals surface area contributed by atoms with Crippen LogP contribution in [0.4, 0.5) is 0 Å². The first-order chi connectivity index (χ1) is 13.5. The second kappa shape index (κ2) is 8.90. The quantitative estimate of drug-likeness (QED) is 0.428. The number of methoxy groups -OCH3 is 1. The van der Waals surface area contributed by atoms with E-state index in [2.05, 4.69) is 6.58 Å². The standard InChI is InChI=1S/C22H28O6/c1-5-25-21(23)16(3)18-10-12-22(13-11-18)26-14-20(27-28-22)15(2)17-6-8-19(24-4)9-7-17/h6-9,20H,2,5,10-14H2,1,3-4H3. The van der Waals surface area contributed by atoms with Gasteiger partial charge in [-0.25, -0.2) is 14.6 Å². The van der Waals surface area contributed by atoms with E-state index >= 15 is 0 Å². The van der Waals surface area contributed by atoms with Crippen LogP contribution in [-0.4, -0.2) is 38.2 Å². The average molecular weight is 388 g/mol. The van der Waals surface area contributed by atoms with Crippen molar-refractivity contribution in [1.82, 2.24) is 0 Å². The Balaban J connectivity index is 1.56. The van der Waals surface area contributed by atoms with Crippen molar-refractivity contribution in [2.45, 2.75) is 51.4 Å². The molecule has 6 nitrogen and oxygen atoms in total. The van der Waals surface area contributed by atoms with Crippen molar-refractivity contribution in [3.8, 4) is 5.75 Å². The third kappa shape index (κ3) is 4.46. The summed E-state index contributed by atoms with van der Waals surface area (Å²) in [6, 6.07) is 7.64. The molecule has 28 heavy (non-hydrogen) atoms. The van der Waals surface area contributed by atoms with Gasteiger partial charge in [0.1, 0.15) is 11.9 Å². The van der Waals surface area contributed by atoms with E-state index in [0.717, 1.165) is 35.3 Å². The first-order valence-corrected chi connectivity index (χ1v) is 9.65. The zero-order chi connectivity index (χ0) is 20.1. The van der Waals surface area contributed by atoms with Gasteiger partial charge < -0.3 is 14.2 Å². The Morgan fingerprint density at radius 3 is 2.46 bits per heavy atom. The van der Waals surface area contributed by atoms with Crippen LogP contribution in [0.2, 0.25) is 0 Å². The van der Waals surface area contributed by atoms with Gasteiger partial charge in [0.15, 0.2) is 0 Å². The summed E-state index contributed by atoms with van der Waals surface area (Å²) < 4.78 is 16.3. The highest BCUT2D eigenvalue weighted by Crippen LogP contribution is 2.40. The first-order valence-electron chi connectivity index (χ1n) is 9.65.